The molecule has 1 aliphatic heterocycles. The molecule has 1 heterocycles. The van der Waals surface area contributed by atoms with Crippen molar-refractivity contribution in [2.24, 2.45) is 5.10 Å². The van der Waals surface area contributed by atoms with Crippen LogP contribution >= 0.6 is 0 Å². The third kappa shape index (κ3) is 5.31. The van der Waals surface area contributed by atoms with E-state index in [4.69, 9.17) is 4.74 Å². The summed E-state index contributed by atoms with van der Waals surface area (Å²) in [6.45, 7) is 4.76. The van der Waals surface area contributed by atoms with Crippen LogP contribution in [0, 0.1) is 6.92 Å². The van der Waals surface area contributed by atoms with Gasteiger partial charge in [-0.15, -0.1) is 0 Å². The van der Waals surface area contributed by atoms with Crippen molar-refractivity contribution in [3.05, 3.63) is 95.1 Å². The molecule has 5 heteroatoms. The van der Waals surface area contributed by atoms with E-state index in [1.54, 1.807) is 18.3 Å². The van der Waals surface area contributed by atoms with Gasteiger partial charge in [-0.1, -0.05) is 48.5 Å². The summed E-state index contributed by atoms with van der Waals surface area (Å²) in [5.41, 5.74) is 7.57. The Bertz CT molecular complexity index is 1060. The first-order chi connectivity index (χ1) is 15.2. The van der Waals surface area contributed by atoms with Crippen molar-refractivity contribution in [2.75, 3.05) is 18.0 Å². The van der Waals surface area contributed by atoms with Gasteiger partial charge in [0.15, 0.2) is 0 Å². The minimum atomic E-state index is -0.301. The largest absolute Gasteiger partial charge is 0.488 e. The average molecular weight is 414 g/mol. The Morgan fingerprint density at radius 2 is 1.77 bits per heavy atom. The fraction of sp³-hybridized carbons (Fsp3) is 0.231. The van der Waals surface area contributed by atoms with E-state index in [2.05, 4.69) is 34.5 Å². The summed E-state index contributed by atoms with van der Waals surface area (Å²) in [4.78, 5) is 15.1. The monoisotopic (exact) mass is 413 g/mol. The molecule has 1 saturated heterocycles. The highest BCUT2D eigenvalue weighted by Gasteiger charge is 2.14. The molecule has 5 nitrogen and oxygen atoms in total. The molecule has 0 aliphatic carbocycles. The lowest BCUT2D eigenvalue weighted by molar-refractivity contribution is 0.0950. The molecular weight excluding hydrogens is 386 g/mol. The minimum absolute atomic E-state index is 0.301. The molecule has 0 radical (unpaired) electrons. The lowest BCUT2D eigenvalue weighted by atomic mass is 10.1. The lowest BCUT2D eigenvalue weighted by Crippen LogP contribution is -2.19. The minimum Gasteiger partial charge on any atom is -0.488 e. The number of hydrazone groups is 1. The van der Waals surface area contributed by atoms with Gasteiger partial charge < -0.3 is 9.64 Å². The molecule has 158 valence electrons. The number of nitrogens with zero attached hydrogens (tertiary/aromatic N) is 2. The number of ether oxygens (including phenoxy) is 1. The first-order valence-corrected chi connectivity index (χ1v) is 10.7. The Morgan fingerprint density at radius 1 is 1.03 bits per heavy atom. The first kappa shape index (κ1) is 20.7. The molecule has 1 N–H and O–H groups in total. The maximum atomic E-state index is 12.7. The second kappa shape index (κ2) is 9.94. The molecule has 0 aromatic heterocycles. The van der Waals surface area contributed by atoms with Crippen LogP contribution in [0.5, 0.6) is 5.75 Å². The predicted octanol–water partition coefficient (Wildman–Crippen LogP) is 4.94. The highest BCUT2D eigenvalue weighted by molar-refractivity contribution is 5.97. The zero-order valence-electron chi connectivity index (χ0n) is 17.8. The van der Waals surface area contributed by atoms with Crippen LogP contribution < -0.4 is 15.1 Å². The molecule has 1 aliphatic rings. The molecule has 3 aromatic carbocycles. The van der Waals surface area contributed by atoms with E-state index in [0.717, 1.165) is 24.2 Å². The number of rotatable bonds is 7. The van der Waals surface area contributed by atoms with Crippen LogP contribution in [0.2, 0.25) is 0 Å². The number of hydrogen-bond acceptors (Lipinski definition) is 4. The Kier molecular flexibility index (Phi) is 6.62. The van der Waals surface area contributed by atoms with Gasteiger partial charge in [-0.3, -0.25) is 4.79 Å². The average Bonchev–Trinajstić information content (AvgIpc) is 3.33. The standard InChI is InChI=1S/C26H27N3O2/c1-20-17-22(13-14-24(20)29-15-7-8-16-29)18-27-28-26(30)23-11-5-6-12-25(23)31-19-21-9-3-2-4-10-21/h2-6,9-14,17-18H,7-8,15-16,19H2,1H3,(H,28,30)/b27-18+. The van der Waals surface area contributed by atoms with E-state index in [1.807, 2.05) is 48.5 Å². The molecule has 3 aromatic rings. The molecule has 31 heavy (non-hydrogen) atoms. The number of carbonyl (C=O) groups is 1. The Labute approximate surface area is 183 Å². The van der Waals surface area contributed by atoms with Crippen LogP contribution in [-0.4, -0.2) is 25.2 Å². The molecule has 1 fully saturated rings. The van der Waals surface area contributed by atoms with Crippen molar-refractivity contribution >= 4 is 17.8 Å². The maximum absolute atomic E-state index is 12.7. The van der Waals surface area contributed by atoms with Crippen molar-refractivity contribution in [2.45, 2.75) is 26.4 Å². The smallest absolute Gasteiger partial charge is 0.275 e. The third-order valence-electron chi connectivity index (χ3n) is 5.42. The number of aryl methyl sites for hydroxylation is 1. The topological polar surface area (TPSA) is 53.9 Å². The molecule has 0 spiro atoms. The maximum Gasteiger partial charge on any atom is 0.275 e. The van der Waals surface area contributed by atoms with Gasteiger partial charge in [-0.05, 0) is 60.7 Å². The summed E-state index contributed by atoms with van der Waals surface area (Å²) < 4.78 is 5.87. The number of amides is 1. The van der Waals surface area contributed by atoms with Crippen LogP contribution in [-0.2, 0) is 6.61 Å². The molecule has 4 rings (SSSR count). The van der Waals surface area contributed by atoms with Gasteiger partial charge in [-0.25, -0.2) is 5.43 Å². The van der Waals surface area contributed by atoms with Gasteiger partial charge in [0.2, 0.25) is 0 Å². The zero-order valence-corrected chi connectivity index (χ0v) is 17.8. The summed E-state index contributed by atoms with van der Waals surface area (Å²) in [7, 11) is 0. The number of para-hydroxylation sites is 1. The van der Waals surface area contributed by atoms with E-state index in [1.165, 1.54) is 24.1 Å². The quantitative estimate of drug-likeness (QED) is 0.441. The number of nitrogens with one attached hydrogen (secondary N) is 1. The highest BCUT2D eigenvalue weighted by Crippen LogP contribution is 2.24. The number of benzene rings is 3. The fourth-order valence-electron chi connectivity index (χ4n) is 3.81. The van der Waals surface area contributed by atoms with Gasteiger partial charge in [0.05, 0.1) is 11.8 Å². The lowest BCUT2D eigenvalue weighted by Gasteiger charge is -2.20. The molecule has 0 unspecified atom stereocenters. The predicted molar refractivity (Wildman–Crippen MR) is 125 cm³/mol. The van der Waals surface area contributed by atoms with Crippen LogP contribution in [0.25, 0.3) is 0 Å². The summed E-state index contributed by atoms with van der Waals surface area (Å²) in [5.74, 6) is 0.232. The van der Waals surface area contributed by atoms with Gasteiger partial charge in [0.1, 0.15) is 12.4 Å². The van der Waals surface area contributed by atoms with Crippen molar-refractivity contribution in [1.29, 1.82) is 0 Å². The van der Waals surface area contributed by atoms with Crippen LogP contribution in [0.1, 0.15) is 39.9 Å². The van der Waals surface area contributed by atoms with Crippen LogP contribution in [0.3, 0.4) is 0 Å². The molecule has 1 amide bonds. The molecule has 0 bridgehead atoms. The summed E-state index contributed by atoms with van der Waals surface area (Å²) in [5, 5.41) is 4.15. The van der Waals surface area contributed by atoms with E-state index in [9.17, 15) is 4.79 Å². The van der Waals surface area contributed by atoms with Crippen LogP contribution in [0.15, 0.2) is 77.9 Å². The SMILES string of the molecule is Cc1cc(/C=N/NC(=O)c2ccccc2OCc2ccccc2)ccc1N1CCCC1. The van der Waals surface area contributed by atoms with E-state index in [-0.39, 0.29) is 5.91 Å². The van der Waals surface area contributed by atoms with Gasteiger partial charge in [-0.2, -0.15) is 5.10 Å². The van der Waals surface area contributed by atoms with Crippen molar-refractivity contribution in [3.63, 3.8) is 0 Å². The summed E-state index contributed by atoms with van der Waals surface area (Å²) in [6.07, 6.45) is 4.18. The van der Waals surface area contributed by atoms with Crippen molar-refractivity contribution in [3.8, 4) is 5.75 Å². The summed E-state index contributed by atoms with van der Waals surface area (Å²) >= 11 is 0. The molecule has 0 atom stereocenters. The fourth-order valence-corrected chi connectivity index (χ4v) is 3.81. The number of anilines is 1. The first-order valence-electron chi connectivity index (χ1n) is 10.7. The van der Waals surface area contributed by atoms with Crippen molar-refractivity contribution in [1.82, 2.24) is 5.43 Å². The van der Waals surface area contributed by atoms with Gasteiger partial charge in [0, 0.05) is 18.8 Å². The van der Waals surface area contributed by atoms with E-state index >= 15 is 0 Å². The molecular formula is C26H27N3O2. The highest BCUT2D eigenvalue weighted by atomic mass is 16.5. The van der Waals surface area contributed by atoms with E-state index < -0.39 is 0 Å². The number of hydrogen-bond donors (Lipinski definition) is 1. The normalized spacial score (nSPS) is 13.5. The summed E-state index contributed by atoms with van der Waals surface area (Å²) in [6, 6.07) is 23.3. The Morgan fingerprint density at radius 3 is 2.55 bits per heavy atom. The zero-order chi connectivity index (χ0) is 21.5. The Balaban J connectivity index is 1.38. The molecule has 0 saturated carbocycles. The van der Waals surface area contributed by atoms with Crippen LogP contribution in [0.4, 0.5) is 5.69 Å². The van der Waals surface area contributed by atoms with E-state index in [0.29, 0.717) is 17.9 Å². The Hall–Kier alpha value is -3.60. The second-order valence-corrected chi connectivity index (χ2v) is 7.71. The van der Waals surface area contributed by atoms with Crippen molar-refractivity contribution < 1.29 is 9.53 Å². The van der Waals surface area contributed by atoms with Gasteiger partial charge >= 0.3 is 0 Å². The van der Waals surface area contributed by atoms with Gasteiger partial charge in [0.25, 0.3) is 5.91 Å². The second-order valence-electron chi connectivity index (χ2n) is 7.71. The third-order valence-corrected chi connectivity index (χ3v) is 5.42. The number of carbonyl (C=O) groups excluding carboxylic acids is 1.